The lowest BCUT2D eigenvalue weighted by Crippen LogP contribution is -2.54. The highest BCUT2D eigenvalue weighted by Gasteiger charge is 2.38. The van der Waals surface area contributed by atoms with E-state index in [0.29, 0.717) is 9.87 Å². The van der Waals surface area contributed by atoms with Gasteiger partial charge in [-0.05, 0) is 24.4 Å². The summed E-state index contributed by atoms with van der Waals surface area (Å²) < 4.78 is 3.65. The minimum Gasteiger partial charge on any atom is -0.391 e. The Hall–Kier alpha value is -1.08. The Morgan fingerprint density at radius 1 is 1.56 bits per heavy atom. The van der Waals surface area contributed by atoms with E-state index in [1.165, 1.54) is 6.20 Å². The maximum absolute atomic E-state index is 11.9. The van der Waals surface area contributed by atoms with Crippen molar-refractivity contribution in [1.29, 1.82) is 0 Å². The van der Waals surface area contributed by atoms with Crippen molar-refractivity contribution in [1.82, 2.24) is 14.9 Å². The van der Waals surface area contributed by atoms with Crippen LogP contribution in [0.1, 0.15) is 35.4 Å². The molecule has 2 rings (SSSR count). The lowest BCUT2D eigenvalue weighted by molar-refractivity contribution is 0.0928. The number of thiocarbonyl (C=S) groups is 1. The third-order valence-corrected chi connectivity index (χ3v) is 3.92. The molecule has 0 unspecified atom stereocenters. The van der Waals surface area contributed by atoms with E-state index in [1.807, 2.05) is 0 Å². The van der Waals surface area contributed by atoms with E-state index in [2.05, 4.69) is 14.9 Å². The molecule has 1 aromatic heterocycles. The first kappa shape index (κ1) is 11.4. The van der Waals surface area contributed by atoms with Gasteiger partial charge in [-0.15, -0.1) is 5.10 Å². The molecular weight excluding hydrogens is 244 g/mol. The van der Waals surface area contributed by atoms with Gasteiger partial charge in [0.1, 0.15) is 4.88 Å². The van der Waals surface area contributed by atoms with Crippen molar-refractivity contribution in [2.24, 2.45) is 5.73 Å². The lowest BCUT2D eigenvalue weighted by atomic mass is 9.97. The number of carbonyl (C=O) groups is 1. The maximum Gasteiger partial charge on any atom is 0.265 e. The number of nitrogens with one attached hydrogen (secondary N) is 1. The van der Waals surface area contributed by atoms with Crippen molar-refractivity contribution in [3.63, 3.8) is 0 Å². The van der Waals surface area contributed by atoms with Crippen LogP contribution in [0.2, 0.25) is 0 Å². The maximum atomic E-state index is 11.9. The molecule has 1 aliphatic carbocycles. The molecule has 1 amide bonds. The van der Waals surface area contributed by atoms with Crippen LogP contribution in [-0.2, 0) is 0 Å². The van der Waals surface area contributed by atoms with Gasteiger partial charge in [-0.3, -0.25) is 4.79 Å². The summed E-state index contributed by atoms with van der Waals surface area (Å²) in [6, 6.07) is 0. The Morgan fingerprint density at radius 2 is 2.25 bits per heavy atom. The summed E-state index contributed by atoms with van der Waals surface area (Å²) in [5.41, 5.74) is 5.22. The highest BCUT2D eigenvalue weighted by Crippen LogP contribution is 2.30. The molecule has 16 heavy (non-hydrogen) atoms. The molecule has 1 aromatic rings. The molecule has 1 heterocycles. The summed E-state index contributed by atoms with van der Waals surface area (Å²) in [6.07, 6.45) is 5.17. The molecular formula is C9H12N4OS2. The fourth-order valence-corrected chi connectivity index (χ4v) is 2.62. The fourth-order valence-electron chi connectivity index (χ4n) is 1.96. The molecule has 0 aromatic carbocycles. The molecule has 5 nitrogen and oxygen atoms in total. The molecule has 86 valence electrons. The van der Waals surface area contributed by atoms with E-state index in [0.717, 1.165) is 37.2 Å². The molecule has 0 radical (unpaired) electrons. The monoisotopic (exact) mass is 256 g/mol. The van der Waals surface area contributed by atoms with Crippen LogP contribution in [0.3, 0.4) is 0 Å². The largest absolute Gasteiger partial charge is 0.391 e. The minimum absolute atomic E-state index is 0.190. The first-order valence-corrected chi connectivity index (χ1v) is 6.22. The number of nitrogens with zero attached hydrogens (tertiary/aromatic N) is 2. The molecule has 1 aliphatic rings. The van der Waals surface area contributed by atoms with E-state index >= 15 is 0 Å². The molecule has 7 heteroatoms. The van der Waals surface area contributed by atoms with Gasteiger partial charge < -0.3 is 11.1 Å². The van der Waals surface area contributed by atoms with Crippen molar-refractivity contribution >= 4 is 34.6 Å². The zero-order valence-corrected chi connectivity index (χ0v) is 10.2. The van der Waals surface area contributed by atoms with Gasteiger partial charge in [0.25, 0.3) is 5.91 Å². The third kappa shape index (κ3) is 2.05. The summed E-state index contributed by atoms with van der Waals surface area (Å²) in [7, 11) is 0. The van der Waals surface area contributed by atoms with Gasteiger partial charge in [-0.25, -0.2) is 0 Å². The van der Waals surface area contributed by atoms with Gasteiger partial charge in [0, 0.05) is 0 Å². The van der Waals surface area contributed by atoms with Crippen molar-refractivity contribution < 1.29 is 4.79 Å². The second kappa shape index (κ2) is 4.42. The first-order chi connectivity index (χ1) is 7.64. The summed E-state index contributed by atoms with van der Waals surface area (Å²) >= 11 is 6.12. The second-order valence-corrected chi connectivity index (χ2v) is 5.11. The summed E-state index contributed by atoms with van der Waals surface area (Å²) in [5, 5.41) is 6.55. The van der Waals surface area contributed by atoms with E-state index in [9.17, 15) is 4.79 Å². The Balaban J connectivity index is 2.13. The van der Waals surface area contributed by atoms with Crippen molar-refractivity contribution in [2.45, 2.75) is 31.2 Å². The van der Waals surface area contributed by atoms with Gasteiger partial charge in [0.05, 0.1) is 16.7 Å². The first-order valence-electron chi connectivity index (χ1n) is 5.04. The van der Waals surface area contributed by atoms with Gasteiger partial charge in [-0.1, -0.05) is 29.5 Å². The number of carbonyl (C=O) groups excluding carboxylic acids is 1. The SMILES string of the molecule is NC(=S)C1(NC(=O)c2cnns2)CCCC1. The predicted molar refractivity (Wildman–Crippen MR) is 65.4 cm³/mol. The van der Waals surface area contributed by atoms with Crippen LogP contribution in [0.15, 0.2) is 6.20 Å². The van der Waals surface area contributed by atoms with Crippen LogP contribution >= 0.6 is 23.8 Å². The second-order valence-electron chi connectivity index (χ2n) is 3.89. The van der Waals surface area contributed by atoms with Gasteiger partial charge >= 0.3 is 0 Å². The van der Waals surface area contributed by atoms with Gasteiger partial charge in [0.15, 0.2) is 0 Å². The average molecular weight is 256 g/mol. The zero-order chi connectivity index (χ0) is 11.6. The number of nitrogens with two attached hydrogens (primary N) is 1. The Bertz CT molecular complexity index is 398. The van der Waals surface area contributed by atoms with E-state index in [4.69, 9.17) is 18.0 Å². The quantitative estimate of drug-likeness (QED) is 0.784. The van der Waals surface area contributed by atoms with Crippen LogP contribution in [0.5, 0.6) is 0 Å². The van der Waals surface area contributed by atoms with Crippen molar-refractivity contribution in [3.05, 3.63) is 11.1 Å². The molecule has 1 fully saturated rings. The molecule has 0 spiro atoms. The van der Waals surface area contributed by atoms with E-state index in [-0.39, 0.29) is 5.91 Å². The van der Waals surface area contributed by atoms with Gasteiger partial charge in [0.2, 0.25) is 0 Å². The summed E-state index contributed by atoms with van der Waals surface area (Å²) in [4.78, 5) is 12.7. The van der Waals surface area contributed by atoms with Gasteiger partial charge in [-0.2, -0.15) is 0 Å². The van der Waals surface area contributed by atoms with E-state index in [1.54, 1.807) is 0 Å². The minimum atomic E-state index is -0.504. The third-order valence-electron chi connectivity index (χ3n) is 2.87. The van der Waals surface area contributed by atoms with Crippen LogP contribution in [0.25, 0.3) is 0 Å². The fraction of sp³-hybridized carbons (Fsp3) is 0.556. The van der Waals surface area contributed by atoms with Crippen molar-refractivity contribution in [3.8, 4) is 0 Å². The Morgan fingerprint density at radius 3 is 2.75 bits per heavy atom. The standard InChI is InChI=1S/C9H12N4OS2/c10-8(15)9(3-1-2-4-9)12-7(14)6-5-11-13-16-6/h5H,1-4H2,(H2,10,15)(H,12,14). The van der Waals surface area contributed by atoms with Crippen LogP contribution in [-0.4, -0.2) is 26.0 Å². The molecule has 0 saturated heterocycles. The zero-order valence-electron chi connectivity index (χ0n) is 8.60. The highest BCUT2D eigenvalue weighted by molar-refractivity contribution is 7.80. The Kier molecular flexibility index (Phi) is 3.15. The average Bonchev–Trinajstić information content (AvgIpc) is 2.88. The molecule has 3 N–H and O–H groups in total. The summed E-state index contributed by atoms with van der Waals surface area (Å²) in [6.45, 7) is 0. The van der Waals surface area contributed by atoms with E-state index < -0.39 is 5.54 Å². The van der Waals surface area contributed by atoms with Crippen molar-refractivity contribution in [2.75, 3.05) is 0 Å². The number of aromatic nitrogens is 2. The number of rotatable bonds is 3. The molecule has 1 saturated carbocycles. The molecule has 0 atom stereocenters. The topological polar surface area (TPSA) is 80.9 Å². The smallest absolute Gasteiger partial charge is 0.265 e. The Labute approximate surface area is 103 Å². The molecule has 0 bridgehead atoms. The normalized spacial score (nSPS) is 18.2. The number of hydrogen-bond donors (Lipinski definition) is 2. The number of amides is 1. The summed E-state index contributed by atoms with van der Waals surface area (Å²) in [5.74, 6) is -0.190. The number of hydrogen-bond acceptors (Lipinski definition) is 5. The highest BCUT2D eigenvalue weighted by atomic mass is 32.1. The van der Waals surface area contributed by atoms with Crippen LogP contribution in [0.4, 0.5) is 0 Å². The predicted octanol–water partition coefficient (Wildman–Crippen LogP) is 0.867. The lowest BCUT2D eigenvalue weighted by Gasteiger charge is -2.28. The molecule has 0 aliphatic heterocycles. The van der Waals surface area contributed by atoms with Crippen LogP contribution < -0.4 is 11.1 Å². The van der Waals surface area contributed by atoms with Crippen LogP contribution in [0, 0.1) is 0 Å².